The van der Waals surface area contributed by atoms with Gasteiger partial charge in [-0.3, -0.25) is 9.69 Å². The van der Waals surface area contributed by atoms with Crippen LogP contribution in [0.1, 0.15) is 15.9 Å². The number of hydrogen-bond donors (Lipinski definition) is 0. The average Bonchev–Trinajstić information content (AvgIpc) is 2.56. The van der Waals surface area contributed by atoms with Crippen molar-refractivity contribution in [1.29, 1.82) is 0 Å². The van der Waals surface area contributed by atoms with E-state index in [4.69, 9.17) is 0 Å². The first-order valence-electron chi connectivity index (χ1n) is 7.54. The summed E-state index contributed by atoms with van der Waals surface area (Å²) in [7, 11) is 0. The summed E-state index contributed by atoms with van der Waals surface area (Å²) >= 11 is 0. The van der Waals surface area contributed by atoms with Crippen LogP contribution in [0.2, 0.25) is 0 Å². The van der Waals surface area contributed by atoms with Gasteiger partial charge in [-0.05, 0) is 17.7 Å². The number of benzene rings is 2. The van der Waals surface area contributed by atoms with Crippen molar-refractivity contribution < 1.29 is 9.18 Å². The van der Waals surface area contributed by atoms with Crippen LogP contribution in [0.4, 0.5) is 4.39 Å². The van der Waals surface area contributed by atoms with Gasteiger partial charge in [0.05, 0.1) is 5.56 Å². The molecule has 2 aromatic rings. The van der Waals surface area contributed by atoms with Crippen LogP contribution >= 0.6 is 0 Å². The van der Waals surface area contributed by atoms with Crippen LogP contribution in [-0.2, 0) is 6.54 Å². The van der Waals surface area contributed by atoms with E-state index in [-0.39, 0.29) is 11.5 Å². The molecular formula is C18H19FN2O. The molecule has 0 atom stereocenters. The van der Waals surface area contributed by atoms with Crippen molar-refractivity contribution in [3.05, 3.63) is 71.5 Å². The molecule has 114 valence electrons. The zero-order chi connectivity index (χ0) is 15.4. The molecule has 0 unspecified atom stereocenters. The fraction of sp³-hybridized carbons (Fsp3) is 0.278. The van der Waals surface area contributed by atoms with E-state index in [0.717, 1.165) is 19.6 Å². The summed E-state index contributed by atoms with van der Waals surface area (Å²) in [5, 5.41) is 0. The summed E-state index contributed by atoms with van der Waals surface area (Å²) in [6.07, 6.45) is 0. The van der Waals surface area contributed by atoms with Gasteiger partial charge in [0.25, 0.3) is 5.91 Å². The molecule has 0 N–H and O–H groups in total. The van der Waals surface area contributed by atoms with E-state index in [2.05, 4.69) is 17.0 Å². The van der Waals surface area contributed by atoms with Crippen LogP contribution in [0.3, 0.4) is 0 Å². The molecule has 3 rings (SSSR count). The van der Waals surface area contributed by atoms with Gasteiger partial charge in [0.1, 0.15) is 5.82 Å². The van der Waals surface area contributed by atoms with Crippen molar-refractivity contribution in [3.8, 4) is 0 Å². The van der Waals surface area contributed by atoms with E-state index in [1.165, 1.54) is 11.6 Å². The van der Waals surface area contributed by atoms with Gasteiger partial charge in [0, 0.05) is 32.7 Å². The standard InChI is InChI=1S/C18H19FN2O/c19-17-9-5-4-8-16(17)18(22)21-12-10-20(11-13-21)14-15-6-2-1-3-7-15/h1-9H,10-14H2. The van der Waals surface area contributed by atoms with Crippen molar-refractivity contribution in [1.82, 2.24) is 9.80 Å². The molecule has 0 aliphatic carbocycles. The van der Waals surface area contributed by atoms with Crippen LogP contribution in [-0.4, -0.2) is 41.9 Å². The summed E-state index contributed by atoms with van der Waals surface area (Å²) in [5.74, 6) is -0.656. The summed E-state index contributed by atoms with van der Waals surface area (Å²) in [5.41, 5.74) is 1.44. The van der Waals surface area contributed by atoms with Crippen LogP contribution in [0, 0.1) is 5.82 Å². The van der Waals surface area contributed by atoms with Gasteiger partial charge in [-0.1, -0.05) is 42.5 Å². The highest BCUT2D eigenvalue weighted by Gasteiger charge is 2.23. The third-order valence-corrected chi connectivity index (χ3v) is 4.01. The third kappa shape index (κ3) is 3.34. The van der Waals surface area contributed by atoms with E-state index in [9.17, 15) is 9.18 Å². The normalized spacial score (nSPS) is 15.8. The molecule has 1 aliphatic rings. The van der Waals surface area contributed by atoms with Gasteiger partial charge in [0.15, 0.2) is 0 Å². The zero-order valence-electron chi connectivity index (χ0n) is 12.4. The number of piperazine rings is 1. The molecule has 1 aliphatic heterocycles. The fourth-order valence-electron chi connectivity index (χ4n) is 2.76. The summed E-state index contributed by atoms with van der Waals surface area (Å²) in [6, 6.07) is 16.5. The monoisotopic (exact) mass is 298 g/mol. The Morgan fingerprint density at radius 3 is 2.23 bits per heavy atom. The van der Waals surface area contributed by atoms with E-state index in [0.29, 0.717) is 13.1 Å². The number of amides is 1. The number of nitrogens with zero attached hydrogens (tertiary/aromatic N) is 2. The number of carbonyl (C=O) groups is 1. The second kappa shape index (κ2) is 6.71. The Bertz CT molecular complexity index is 637. The van der Waals surface area contributed by atoms with Gasteiger partial charge < -0.3 is 4.90 Å². The van der Waals surface area contributed by atoms with E-state index < -0.39 is 5.82 Å². The lowest BCUT2D eigenvalue weighted by atomic mass is 10.1. The Labute approximate surface area is 130 Å². The lowest BCUT2D eigenvalue weighted by Gasteiger charge is -2.34. The third-order valence-electron chi connectivity index (χ3n) is 4.01. The summed E-state index contributed by atoms with van der Waals surface area (Å²) < 4.78 is 13.7. The molecule has 3 nitrogen and oxygen atoms in total. The van der Waals surface area contributed by atoms with Crippen molar-refractivity contribution in [2.24, 2.45) is 0 Å². The largest absolute Gasteiger partial charge is 0.336 e. The fourth-order valence-corrected chi connectivity index (χ4v) is 2.76. The SMILES string of the molecule is O=C(c1ccccc1F)N1CCN(Cc2ccccc2)CC1. The maximum atomic E-state index is 13.7. The minimum atomic E-state index is -0.445. The number of carbonyl (C=O) groups excluding carboxylic acids is 1. The van der Waals surface area contributed by atoms with Gasteiger partial charge >= 0.3 is 0 Å². The van der Waals surface area contributed by atoms with Crippen molar-refractivity contribution >= 4 is 5.91 Å². The Morgan fingerprint density at radius 1 is 0.909 bits per heavy atom. The maximum absolute atomic E-state index is 13.7. The molecule has 1 saturated heterocycles. The number of rotatable bonds is 3. The van der Waals surface area contributed by atoms with E-state index >= 15 is 0 Å². The average molecular weight is 298 g/mol. The van der Waals surface area contributed by atoms with Crippen LogP contribution in [0.15, 0.2) is 54.6 Å². The molecule has 1 amide bonds. The summed E-state index contributed by atoms with van der Waals surface area (Å²) in [4.78, 5) is 16.4. The lowest BCUT2D eigenvalue weighted by Crippen LogP contribution is -2.48. The Hall–Kier alpha value is -2.20. The molecule has 1 heterocycles. The molecular weight excluding hydrogens is 279 g/mol. The Morgan fingerprint density at radius 2 is 1.55 bits per heavy atom. The smallest absolute Gasteiger partial charge is 0.256 e. The van der Waals surface area contributed by atoms with Gasteiger partial charge in [0.2, 0.25) is 0 Å². The van der Waals surface area contributed by atoms with Crippen molar-refractivity contribution in [2.45, 2.75) is 6.54 Å². The predicted octanol–water partition coefficient (Wildman–Crippen LogP) is 2.78. The van der Waals surface area contributed by atoms with E-state index in [1.54, 1.807) is 23.1 Å². The highest BCUT2D eigenvalue weighted by molar-refractivity contribution is 5.94. The Balaban J connectivity index is 1.58. The molecule has 2 aromatic carbocycles. The van der Waals surface area contributed by atoms with Crippen molar-refractivity contribution in [2.75, 3.05) is 26.2 Å². The predicted molar refractivity (Wildman–Crippen MR) is 84.0 cm³/mol. The molecule has 0 saturated carbocycles. The Kier molecular flexibility index (Phi) is 4.49. The second-order valence-electron chi connectivity index (χ2n) is 5.53. The van der Waals surface area contributed by atoms with Crippen LogP contribution in [0.25, 0.3) is 0 Å². The van der Waals surface area contributed by atoms with Crippen molar-refractivity contribution in [3.63, 3.8) is 0 Å². The van der Waals surface area contributed by atoms with Gasteiger partial charge in [-0.15, -0.1) is 0 Å². The highest BCUT2D eigenvalue weighted by atomic mass is 19.1. The first kappa shape index (κ1) is 14.7. The zero-order valence-corrected chi connectivity index (χ0v) is 12.4. The first-order chi connectivity index (χ1) is 10.7. The van der Waals surface area contributed by atoms with Crippen LogP contribution < -0.4 is 0 Å². The quantitative estimate of drug-likeness (QED) is 0.870. The molecule has 0 radical (unpaired) electrons. The lowest BCUT2D eigenvalue weighted by molar-refractivity contribution is 0.0624. The van der Waals surface area contributed by atoms with Crippen LogP contribution in [0.5, 0.6) is 0 Å². The highest BCUT2D eigenvalue weighted by Crippen LogP contribution is 2.13. The molecule has 0 spiro atoms. The molecule has 1 fully saturated rings. The minimum absolute atomic E-state index is 0.166. The number of halogens is 1. The molecule has 0 bridgehead atoms. The van der Waals surface area contributed by atoms with Gasteiger partial charge in [-0.25, -0.2) is 4.39 Å². The number of hydrogen-bond acceptors (Lipinski definition) is 2. The molecule has 22 heavy (non-hydrogen) atoms. The van der Waals surface area contributed by atoms with Gasteiger partial charge in [-0.2, -0.15) is 0 Å². The second-order valence-corrected chi connectivity index (χ2v) is 5.53. The maximum Gasteiger partial charge on any atom is 0.256 e. The molecule has 4 heteroatoms. The topological polar surface area (TPSA) is 23.6 Å². The first-order valence-corrected chi connectivity index (χ1v) is 7.54. The molecule has 0 aromatic heterocycles. The minimum Gasteiger partial charge on any atom is -0.336 e. The summed E-state index contributed by atoms with van der Waals surface area (Å²) in [6.45, 7) is 3.80. The van der Waals surface area contributed by atoms with E-state index in [1.807, 2.05) is 18.2 Å².